The van der Waals surface area contributed by atoms with Gasteiger partial charge in [0.15, 0.2) is 5.78 Å². The van der Waals surface area contributed by atoms with Gasteiger partial charge in [-0.1, -0.05) is 24.3 Å². The van der Waals surface area contributed by atoms with Gasteiger partial charge < -0.3 is 5.73 Å². The predicted octanol–water partition coefficient (Wildman–Crippen LogP) is 1.78. The van der Waals surface area contributed by atoms with Crippen molar-refractivity contribution >= 4 is 17.8 Å². The fourth-order valence-electron chi connectivity index (χ4n) is 1.25. The van der Waals surface area contributed by atoms with Crippen molar-refractivity contribution in [3.63, 3.8) is 0 Å². The largest absolute Gasteiger partial charge is 0.366 e. The standard InChI is InChI=1S/C12H13NO2/c1-8(12(13)15)7-10-5-3-4-6-11(10)9(2)14/h3-7H,1-2H3,(H2,13,15). The monoisotopic (exact) mass is 203 g/mol. The Labute approximate surface area is 88.6 Å². The van der Waals surface area contributed by atoms with Gasteiger partial charge in [0.25, 0.3) is 0 Å². The molecule has 0 aliphatic rings. The number of carbonyl (C=O) groups is 2. The number of rotatable bonds is 3. The van der Waals surface area contributed by atoms with Crippen LogP contribution in [0.4, 0.5) is 0 Å². The molecule has 0 radical (unpaired) electrons. The normalized spacial score (nSPS) is 11.2. The number of ketones is 1. The van der Waals surface area contributed by atoms with E-state index in [-0.39, 0.29) is 5.78 Å². The minimum absolute atomic E-state index is 0.0286. The number of amides is 1. The smallest absolute Gasteiger partial charge is 0.244 e. The molecule has 0 unspecified atom stereocenters. The van der Waals surface area contributed by atoms with Crippen LogP contribution < -0.4 is 5.73 Å². The van der Waals surface area contributed by atoms with Gasteiger partial charge in [0.05, 0.1) is 0 Å². The molecule has 0 fully saturated rings. The van der Waals surface area contributed by atoms with Gasteiger partial charge in [-0.2, -0.15) is 0 Å². The summed E-state index contributed by atoms with van der Waals surface area (Å²) in [6.45, 7) is 3.12. The predicted molar refractivity (Wildman–Crippen MR) is 59.3 cm³/mol. The van der Waals surface area contributed by atoms with E-state index in [4.69, 9.17) is 5.73 Å². The zero-order valence-electron chi connectivity index (χ0n) is 8.78. The molecule has 1 aromatic rings. The second kappa shape index (κ2) is 4.55. The molecule has 15 heavy (non-hydrogen) atoms. The van der Waals surface area contributed by atoms with Crippen molar-refractivity contribution in [2.75, 3.05) is 0 Å². The first-order valence-electron chi connectivity index (χ1n) is 4.60. The second-order valence-electron chi connectivity index (χ2n) is 3.34. The maximum absolute atomic E-state index is 11.3. The lowest BCUT2D eigenvalue weighted by atomic mass is 10.0. The fraction of sp³-hybridized carbons (Fsp3) is 0.167. The third-order valence-corrected chi connectivity index (χ3v) is 2.10. The molecule has 1 aromatic carbocycles. The Morgan fingerprint density at radius 3 is 2.33 bits per heavy atom. The first-order valence-corrected chi connectivity index (χ1v) is 4.60. The van der Waals surface area contributed by atoms with Crippen molar-refractivity contribution < 1.29 is 9.59 Å². The summed E-state index contributed by atoms with van der Waals surface area (Å²) in [6.07, 6.45) is 1.62. The van der Waals surface area contributed by atoms with Gasteiger partial charge in [0.2, 0.25) is 5.91 Å². The molecule has 0 bridgehead atoms. The summed E-state index contributed by atoms with van der Waals surface area (Å²) < 4.78 is 0. The average Bonchev–Trinajstić information content (AvgIpc) is 2.18. The third-order valence-electron chi connectivity index (χ3n) is 2.10. The molecule has 1 rings (SSSR count). The molecule has 0 atom stereocenters. The Morgan fingerprint density at radius 2 is 1.80 bits per heavy atom. The number of nitrogens with two attached hydrogens (primary N) is 1. The van der Waals surface area contributed by atoms with Crippen LogP contribution in [0.1, 0.15) is 29.8 Å². The van der Waals surface area contributed by atoms with Crippen LogP contribution in [-0.2, 0) is 4.79 Å². The highest BCUT2D eigenvalue weighted by atomic mass is 16.1. The number of hydrogen-bond donors (Lipinski definition) is 1. The van der Waals surface area contributed by atoms with Crippen LogP contribution in [0.25, 0.3) is 6.08 Å². The molecule has 3 nitrogen and oxygen atoms in total. The molecular weight excluding hydrogens is 190 g/mol. The number of hydrogen-bond acceptors (Lipinski definition) is 2. The zero-order valence-corrected chi connectivity index (χ0v) is 8.78. The summed E-state index contributed by atoms with van der Waals surface area (Å²) in [4.78, 5) is 22.1. The molecule has 0 saturated carbocycles. The van der Waals surface area contributed by atoms with E-state index >= 15 is 0 Å². The van der Waals surface area contributed by atoms with Crippen LogP contribution in [0.5, 0.6) is 0 Å². The number of carbonyl (C=O) groups excluding carboxylic acids is 2. The van der Waals surface area contributed by atoms with Crippen molar-refractivity contribution in [2.45, 2.75) is 13.8 Å². The fourth-order valence-corrected chi connectivity index (χ4v) is 1.25. The molecule has 0 aliphatic heterocycles. The molecule has 0 saturated heterocycles. The maximum Gasteiger partial charge on any atom is 0.244 e. The summed E-state index contributed by atoms with van der Waals surface area (Å²) in [5.41, 5.74) is 6.87. The lowest BCUT2D eigenvalue weighted by Gasteiger charge is -2.02. The Kier molecular flexibility index (Phi) is 3.39. The third kappa shape index (κ3) is 2.77. The lowest BCUT2D eigenvalue weighted by molar-refractivity contribution is -0.114. The topological polar surface area (TPSA) is 60.2 Å². The summed E-state index contributed by atoms with van der Waals surface area (Å²) in [6, 6.07) is 7.10. The first-order chi connectivity index (χ1) is 7.02. The van der Waals surface area contributed by atoms with Gasteiger partial charge in [-0.05, 0) is 25.5 Å². The number of primary amides is 1. The van der Waals surface area contributed by atoms with Gasteiger partial charge in [0.1, 0.15) is 0 Å². The summed E-state index contributed by atoms with van der Waals surface area (Å²) in [5, 5.41) is 0. The van der Waals surface area contributed by atoms with Crippen molar-refractivity contribution in [1.82, 2.24) is 0 Å². The van der Waals surface area contributed by atoms with Crippen LogP contribution in [0.15, 0.2) is 29.8 Å². The summed E-state index contributed by atoms with van der Waals surface area (Å²) in [5.74, 6) is -0.507. The van der Waals surface area contributed by atoms with E-state index in [1.54, 1.807) is 31.2 Å². The van der Waals surface area contributed by atoms with Crippen molar-refractivity contribution in [2.24, 2.45) is 5.73 Å². The van der Waals surface area contributed by atoms with E-state index < -0.39 is 5.91 Å². The second-order valence-corrected chi connectivity index (χ2v) is 3.34. The van der Waals surface area contributed by atoms with Crippen LogP contribution in [-0.4, -0.2) is 11.7 Å². The van der Waals surface area contributed by atoms with Gasteiger partial charge in [-0.3, -0.25) is 9.59 Å². The lowest BCUT2D eigenvalue weighted by Crippen LogP contribution is -2.11. The summed E-state index contributed by atoms with van der Waals surface area (Å²) in [7, 11) is 0. The van der Waals surface area contributed by atoms with E-state index in [1.807, 2.05) is 6.07 Å². The highest BCUT2D eigenvalue weighted by Crippen LogP contribution is 2.13. The number of Topliss-reactive ketones (excluding diaryl/α,β-unsaturated/α-hetero) is 1. The van der Waals surface area contributed by atoms with E-state index in [0.29, 0.717) is 11.1 Å². The molecule has 0 spiro atoms. The Morgan fingerprint density at radius 1 is 1.20 bits per heavy atom. The van der Waals surface area contributed by atoms with Crippen LogP contribution in [0.2, 0.25) is 0 Å². The Bertz CT molecular complexity index is 433. The van der Waals surface area contributed by atoms with E-state index in [9.17, 15) is 9.59 Å². The van der Waals surface area contributed by atoms with Crippen LogP contribution in [0.3, 0.4) is 0 Å². The van der Waals surface area contributed by atoms with Gasteiger partial charge in [-0.25, -0.2) is 0 Å². The van der Waals surface area contributed by atoms with Crippen molar-refractivity contribution in [3.8, 4) is 0 Å². The Hall–Kier alpha value is -1.90. The van der Waals surface area contributed by atoms with Crippen molar-refractivity contribution in [1.29, 1.82) is 0 Å². The SMILES string of the molecule is CC(=O)c1ccccc1C=C(C)C(N)=O. The molecular formula is C12H13NO2. The quantitative estimate of drug-likeness (QED) is 0.601. The molecule has 2 N–H and O–H groups in total. The van der Waals surface area contributed by atoms with Crippen molar-refractivity contribution in [3.05, 3.63) is 41.0 Å². The highest BCUT2D eigenvalue weighted by molar-refractivity contribution is 6.01. The molecule has 0 aromatic heterocycles. The Balaban J connectivity index is 3.20. The molecule has 0 aliphatic carbocycles. The van der Waals surface area contributed by atoms with Gasteiger partial charge >= 0.3 is 0 Å². The van der Waals surface area contributed by atoms with Crippen LogP contribution >= 0.6 is 0 Å². The zero-order chi connectivity index (χ0) is 11.4. The minimum atomic E-state index is -0.478. The van der Waals surface area contributed by atoms with Gasteiger partial charge in [0, 0.05) is 11.1 Å². The average molecular weight is 203 g/mol. The highest BCUT2D eigenvalue weighted by Gasteiger charge is 2.05. The van der Waals surface area contributed by atoms with E-state index in [0.717, 1.165) is 5.56 Å². The van der Waals surface area contributed by atoms with Gasteiger partial charge in [-0.15, -0.1) is 0 Å². The summed E-state index contributed by atoms with van der Waals surface area (Å²) >= 11 is 0. The van der Waals surface area contributed by atoms with Crippen LogP contribution in [0, 0.1) is 0 Å². The number of benzene rings is 1. The molecule has 3 heteroatoms. The first kappa shape index (κ1) is 11.2. The maximum atomic E-state index is 11.3. The molecule has 0 heterocycles. The molecule has 78 valence electrons. The van der Waals surface area contributed by atoms with E-state index in [2.05, 4.69) is 0 Å². The molecule has 1 amide bonds. The minimum Gasteiger partial charge on any atom is -0.366 e. The van der Waals surface area contributed by atoms with E-state index in [1.165, 1.54) is 6.92 Å².